The Bertz CT molecular complexity index is 614. The number of nitrogens with two attached hydrogens (primary N) is 2. The lowest BCUT2D eigenvalue weighted by Crippen LogP contribution is -2.30. The Balaban J connectivity index is 2.38. The van der Waals surface area contributed by atoms with Crippen LogP contribution < -0.4 is 11.5 Å². The number of rotatable bonds is 3. The molecule has 1 fully saturated rings. The van der Waals surface area contributed by atoms with Crippen LogP contribution in [0.2, 0.25) is 0 Å². The van der Waals surface area contributed by atoms with Crippen molar-refractivity contribution in [2.75, 3.05) is 18.8 Å². The molecule has 1 heterocycles. The minimum absolute atomic E-state index is 0.0299. The van der Waals surface area contributed by atoms with Crippen molar-refractivity contribution >= 4 is 21.6 Å². The quantitative estimate of drug-likeness (QED) is 0.622. The van der Waals surface area contributed by atoms with Gasteiger partial charge in [0.1, 0.15) is 4.90 Å². The van der Waals surface area contributed by atoms with Crippen LogP contribution in [-0.2, 0) is 10.0 Å². The highest BCUT2D eigenvalue weighted by molar-refractivity contribution is 7.89. The smallest absolute Gasteiger partial charge is 0.248 e. The van der Waals surface area contributed by atoms with E-state index in [1.165, 1.54) is 22.5 Å². The number of β-amino-alcohol motifs (C(OH)–C–C–N with tert-alkyl or cyclic N) is 1. The molecule has 1 aliphatic rings. The van der Waals surface area contributed by atoms with Crippen molar-refractivity contribution in [2.24, 2.45) is 5.73 Å². The number of carbonyl (C=O) groups is 1. The zero-order chi connectivity index (χ0) is 14.2. The van der Waals surface area contributed by atoms with E-state index in [1.54, 1.807) is 0 Å². The molecule has 2 rings (SSSR count). The topological polar surface area (TPSA) is 127 Å². The fourth-order valence-corrected chi connectivity index (χ4v) is 3.59. The summed E-state index contributed by atoms with van der Waals surface area (Å²) in [7, 11) is -3.75. The van der Waals surface area contributed by atoms with Gasteiger partial charge in [-0.25, -0.2) is 8.42 Å². The molecule has 1 aromatic rings. The van der Waals surface area contributed by atoms with Gasteiger partial charge in [-0.3, -0.25) is 4.79 Å². The first kappa shape index (κ1) is 13.8. The van der Waals surface area contributed by atoms with Gasteiger partial charge in [0.15, 0.2) is 0 Å². The predicted molar refractivity (Wildman–Crippen MR) is 68.8 cm³/mol. The van der Waals surface area contributed by atoms with Gasteiger partial charge in [0.05, 0.1) is 11.8 Å². The van der Waals surface area contributed by atoms with Crippen LogP contribution in [0.25, 0.3) is 0 Å². The molecule has 5 N–H and O–H groups in total. The maximum absolute atomic E-state index is 12.3. The number of carbonyl (C=O) groups excluding carboxylic acids is 1. The molecule has 0 aliphatic carbocycles. The van der Waals surface area contributed by atoms with Gasteiger partial charge in [-0.15, -0.1) is 0 Å². The molecule has 0 unspecified atom stereocenters. The molecule has 19 heavy (non-hydrogen) atoms. The molecule has 1 aromatic carbocycles. The first-order valence-corrected chi connectivity index (χ1v) is 7.14. The summed E-state index contributed by atoms with van der Waals surface area (Å²) in [5.74, 6) is -0.674. The summed E-state index contributed by atoms with van der Waals surface area (Å²) >= 11 is 0. The SMILES string of the molecule is NC(=O)c1ccc(S(=O)(=O)N2CC[C@H](O)C2)c(N)c1. The van der Waals surface area contributed by atoms with Gasteiger partial charge >= 0.3 is 0 Å². The first-order valence-electron chi connectivity index (χ1n) is 5.70. The number of anilines is 1. The average molecular weight is 285 g/mol. The van der Waals surface area contributed by atoms with E-state index in [-0.39, 0.29) is 29.2 Å². The molecule has 0 saturated carbocycles. The lowest BCUT2D eigenvalue weighted by molar-refractivity contribution is 0.1000. The van der Waals surface area contributed by atoms with Gasteiger partial charge in [0.2, 0.25) is 15.9 Å². The standard InChI is InChI=1S/C11H15N3O4S/c12-9-5-7(11(13)16)1-2-10(9)19(17,18)14-4-3-8(15)6-14/h1-2,5,8,15H,3-4,6,12H2,(H2,13,16)/t8-/m0/s1. The summed E-state index contributed by atoms with van der Waals surface area (Å²) in [4.78, 5) is 10.9. The Morgan fingerprint density at radius 1 is 1.42 bits per heavy atom. The van der Waals surface area contributed by atoms with E-state index in [9.17, 15) is 18.3 Å². The Morgan fingerprint density at radius 3 is 2.58 bits per heavy atom. The third-order valence-corrected chi connectivity index (χ3v) is 4.98. The van der Waals surface area contributed by atoms with Crippen molar-refractivity contribution in [2.45, 2.75) is 17.4 Å². The van der Waals surface area contributed by atoms with Crippen molar-refractivity contribution in [3.63, 3.8) is 0 Å². The first-order chi connectivity index (χ1) is 8.82. The van der Waals surface area contributed by atoms with Crippen LogP contribution in [0.5, 0.6) is 0 Å². The van der Waals surface area contributed by atoms with E-state index in [0.717, 1.165) is 0 Å². The summed E-state index contributed by atoms with van der Waals surface area (Å²) in [5.41, 5.74) is 10.9. The molecule has 1 saturated heterocycles. The third kappa shape index (κ3) is 2.55. The number of hydrogen-bond donors (Lipinski definition) is 3. The van der Waals surface area contributed by atoms with Crippen LogP contribution in [-0.4, -0.2) is 42.9 Å². The van der Waals surface area contributed by atoms with E-state index in [2.05, 4.69) is 0 Å². The molecular weight excluding hydrogens is 270 g/mol. The molecule has 0 aromatic heterocycles. The normalized spacial score (nSPS) is 20.6. The van der Waals surface area contributed by atoms with Gasteiger partial charge in [-0.1, -0.05) is 0 Å². The molecule has 1 aliphatic heterocycles. The Kier molecular flexibility index (Phi) is 3.48. The summed E-state index contributed by atoms with van der Waals surface area (Å²) in [6.45, 7) is 0.305. The van der Waals surface area contributed by atoms with Crippen molar-refractivity contribution < 1.29 is 18.3 Å². The van der Waals surface area contributed by atoms with E-state index >= 15 is 0 Å². The van der Waals surface area contributed by atoms with Gasteiger partial charge in [0, 0.05) is 18.7 Å². The van der Waals surface area contributed by atoms with E-state index in [1.807, 2.05) is 0 Å². The van der Waals surface area contributed by atoms with Crippen LogP contribution in [0, 0.1) is 0 Å². The second-order valence-electron chi connectivity index (χ2n) is 4.42. The molecule has 8 heteroatoms. The molecule has 0 radical (unpaired) electrons. The number of aliphatic hydroxyl groups excluding tert-OH is 1. The van der Waals surface area contributed by atoms with Gasteiger partial charge < -0.3 is 16.6 Å². The number of sulfonamides is 1. The molecule has 7 nitrogen and oxygen atoms in total. The number of aliphatic hydroxyl groups is 1. The molecule has 0 spiro atoms. The molecular formula is C11H15N3O4S. The second kappa shape index (κ2) is 4.80. The maximum atomic E-state index is 12.3. The van der Waals surface area contributed by atoms with Crippen LogP contribution in [0.15, 0.2) is 23.1 Å². The summed E-state index contributed by atoms with van der Waals surface area (Å²) in [6.07, 6.45) is -0.251. The monoisotopic (exact) mass is 285 g/mol. The number of nitrogen functional groups attached to an aromatic ring is 1. The predicted octanol–water partition coefficient (Wildman–Crippen LogP) is -0.877. The van der Waals surface area contributed by atoms with Gasteiger partial charge in [-0.2, -0.15) is 4.31 Å². The minimum Gasteiger partial charge on any atom is -0.398 e. The maximum Gasteiger partial charge on any atom is 0.248 e. The number of benzene rings is 1. The summed E-state index contributed by atoms with van der Waals surface area (Å²) in [6, 6.07) is 3.81. The number of hydrogen-bond acceptors (Lipinski definition) is 5. The number of primary amides is 1. The largest absolute Gasteiger partial charge is 0.398 e. The summed E-state index contributed by atoms with van der Waals surface area (Å²) in [5, 5.41) is 9.40. The highest BCUT2D eigenvalue weighted by Crippen LogP contribution is 2.26. The third-order valence-electron chi connectivity index (χ3n) is 3.04. The fourth-order valence-electron chi connectivity index (χ4n) is 2.00. The van der Waals surface area contributed by atoms with Crippen LogP contribution in [0.3, 0.4) is 0 Å². The second-order valence-corrected chi connectivity index (χ2v) is 6.33. The van der Waals surface area contributed by atoms with Gasteiger partial charge in [-0.05, 0) is 24.6 Å². The van der Waals surface area contributed by atoms with Crippen molar-refractivity contribution in [3.05, 3.63) is 23.8 Å². The lowest BCUT2D eigenvalue weighted by atomic mass is 10.2. The zero-order valence-electron chi connectivity index (χ0n) is 10.1. The van der Waals surface area contributed by atoms with E-state index in [0.29, 0.717) is 6.42 Å². The van der Waals surface area contributed by atoms with Gasteiger partial charge in [0.25, 0.3) is 0 Å². The van der Waals surface area contributed by atoms with E-state index < -0.39 is 22.0 Å². The minimum atomic E-state index is -3.75. The Morgan fingerprint density at radius 2 is 2.11 bits per heavy atom. The highest BCUT2D eigenvalue weighted by atomic mass is 32.2. The van der Waals surface area contributed by atoms with E-state index in [4.69, 9.17) is 11.5 Å². The van der Waals surface area contributed by atoms with Crippen LogP contribution in [0.1, 0.15) is 16.8 Å². The lowest BCUT2D eigenvalue weighted by Gasteiger charge is -2.17. The molecule has 1 atom stereocenters. The van der Waals surface area contributed by atoms with Crippen molar-refractivity contribution in [1.29, 1.82) is 0 Å². The van der Waals surface area contributed by atoms with Crippen molar-refractivity contribution in [3.8, 4) is 0 Å². The molecule has 104 valence electrons. The van der Waals surface area contributed by atoms with Crippen molar-refractivity contribution in [1.82, 2.24) is 4.31 Å². The Labute approximate surface area is 110 Å². The highest BCUT2D eigenvalue weighted by Gasteiger charge is 2.32. The summed E-state index contributed by atoms with van der Waals surface area (Å²) < 4.78 is 25.8. The fraction of sp³-hybridized carbons (Fsp3) is 0.364. The Hall–Kier alpha value is -1.64. The average Bonchev–Trinajstić information content (AvgIpc) is 2.76. The number of nitrogens with zero attached hydrogens (tertiary/aromatic N) is 1. The number of amides is 1. The molecule has 0 bridgehead atoms. The van der Waals surface area contributed by atoms with Crippen LogP contribution >= 0.6 is 0 Å². The zero-order valence-corrected chi connectivity index (χ0v) is 10.9. The molecule has 1 amide bonds. The van der Waals surface area contributed by atoms with Crippen LogP contribution in [0.4, 0.5) is 5.69 Å².